The summed E-state index contributed by atoms with van der Waals surface area (Å²) in [5.74, 6) is 0.761. The number of aryl methyl sites for hydroxylation is 1. The molecule has 0 amide bonds. The number of anilines is 1. The van der Waals surface area contributed by atoms with Crippen LogP contribution in [-0.2, 0) is 0 Å². The summed E-state index contributed by atoms with van der Waals surface area (Å²) in [7, 11) is 0. The van der Waals surface area contributed by atoms with Crippen LogP contribution in [0.25, 0.3) is 26.9 Å². The van der Waals surface area contributed by atoms with Crippen molar-refractivity contribution >= 4 is 22.0 Å². The average molecular weight is 307 g/mol. The molecule has 0 atom stereocenters. The SMILES string of the molecule is Cc1cccc(-c2nnc3sc(-c4ccc(N)cc4)nn23)c1. The minimum atomic E-state index is 0.743. The second-order valence-corrected chi connectivity index (χ2v) is 6.07. The van der Waals surface area contributed by atoms with Crippen LogP contribution >= 0.6 is 11.3 Å². The van der Waals surface area contributed by atoms with Gasteiger partial charge in [-0.05, 0) is 37.3 Å². The van der Waals surface area contributed by atoms with Crippen LogP contribution in [0, 0.1) is 6.92 Å². The fourth-order valence-electron chi connectivity index (χ4n) is 2.32. The summed E-state index contributed by atoms with van der Waals surface area (Å²) in [6, 6.07) is 15.9. The number of hydrogen-bond donors (Lipinski definition) is 1. The van der Waals surface area contributed by atoms with Crippen molar-refractivity contribution in [3.05, 3.63) is 54.1 Å². The van der Waals surface area contributed by atoms with Crippen LogP contribution in [0.4, 0.5) is 5.69 Å². The zero-order chi connectivity index (χ0) is 15.1. The molecule has 2 heterocycles. The molecule has 0 bridgehead atoms. The Hall–Kier alpha value is -2.73. The lowest BCUT2D eigenvalue weighted by atomic mass is 10.1. The molecule has 2 aromatic carbocycles. The van der Waals surface area contributed by atoms with Gasteiger partial charge in [0.15, 0.2) is 5.82 Å². The summed E-state index contributed by atoms with van der Waals surface area (Å²) in [6.45, 7) is 2.06. The molecule has 5 nitrogen and oxygen atoms in total. The maximum atomic E-state index is 5.73. The monoisotopic (exact) mass is 307 g/mol. The molecule has 0 radical (unpaired) electrons. The van der Waals surface area contributed by atoms with Gasteiger partial charge in [0.1, 0.15) is 5.01 Å². The maximum absolute atomic E-state index is 5.73. The number of rotatable bonds is 2. The fourth-order valence-corrected chi connectivity index (χ4v) is 3.17. The first-order valence-electron chi connectivity index (χ1n) is 6.86. The zero-order valence-corrected chi connectivity index (χ0v) is 12.7. The summed E-state index contributed by atoms with van der Waals surface area (Å²) in [5.41, 5.74) is 9.70. The minimum absolute atomic E-state index is 0.743. The topological polar surface area (TPSA) is 69.1 Å². The number of benzene rings is 2. The fraction of sp³-hybridized carbons (Fsp3) is 0.0625. The Morgan fingerprint density at radius 2 is 1.82 bits per heavy atom. The Labute approximate surface area is 131 Å². The highest BCUT2D eigenvalue weighted by Gasteiger charge is 2.14. The molecule has 0 fully saturated rings. The van der Waals surface area contributed by atoms with Crippen LogP contribution in [-0.4, -0.2) is 19.8 Å². The van der Waals surface area contributed by atoms with Gasteiger partial charge in [-0.3, -0.25) is 0 Å². The van der Waals surface area contributed by atoms with Crippen molar-refractivity contribution < 1.29 is 0 Å². The number of aromatic nitrogens is 4. The Morgan fingerprint density at radius 3 is 2.59 bits per heavy atom. The summed E-state index contributed by atoms with van der Waals surface area (Å²) in [4.78, 5) is 0.781. The molecule has 4 aromatic rings. The van der Waals surface area contributed by atoms with Crippen molar-refractivity contribution in [1.29, 1.82) is 0 Å². The standard InChI is InChI=1S/C16H13N5S/c1-10-3-2-4-12(9-10)14-18-19-16-21(14)20-15(22-16)11-5-7-13(17)8-6-11/h2-9H,17H2,1H3. The lowest BCUT2D eigenvalue weighted by Gasteiger charge is -1.99. The highest BCUT2D eigenvalue weighted by Crippen LogP contribution is 2.28. The molecular formula is C16H13N5S. The Kier molecular flexibility index (Phi) is 2.90. The quantitative estimate of drug-likeness (QED) is 0.576. The van der Waals surface area contributed by atoms with Crippen LogP contribution < -0.4 is 5.73 Å². The van der Waals surface area contributed by atoms with Gasteiger partial charge in [-0.15, -0.1) is 10.2 Å². The van der Waals surface area contributed by atoms with Gasteiger partial charge in [-0.1, -0.05) is 35.1 Å². The maximum Gasteiger partial charge on any atom is 0.235 e. The van der Waals surface area contributed by atoms with E-state index >= 15 is 0 Å². The number of nitrogen functional groups attached to an aromatic ring is 1. The molecule has 0 aliphatic rings. The number of nitrogens with two attached hydrogens (primary N) is 1. The molecule has 4 rings (SSSR count). The highest BCUT2D eigenvalue weighted by molar-refractivity contribution is 7.19. The van der Waals surface area contributed by atoms with Crippen molar-refractivity contribution in [3.63, 3.8) is 0 Å². The van der Waals surface area contributed by atoms with E-state index in [1.165, 1.54) is 16.9 Å². The summed E-state index contributed by atoms with van der Waals surface area (Å²) < 4.78 is 1.80. The molecule has 2 N–H and O–H groups in total. The van der Waals surface area contributed by atoms with Crippen molar-refractivity contribution in [2.75, 3.05) is 5.73 Å². The lowest BCUT2D eigenvalue weighted by Crippen LogP contribution is -1.91. The zero-order valence-electron chi connectivity index (χ0n) is 11.9. The van der Waals surface area contributed by atoms with Crippen LogP contribution in [0.15, 0.2) is 48.5 Å². The van der Waals surface area contributed by atoms with E-state index in [0.717, 1.165) is 32.6 Å². The first kappa shape index (κ1) is 13.0. The van der Waals surface area contributed by atoms with Crippen molar-refractivity contribution in [2.24, 2.45) is 0 Å². The van der Waals surface area contributed by atoms with E-state index in [1.807, 2.05) is 36.4 Å². The largest absolute Gasteiger partial charge is 0.399 e. The van der Waals surface area contributed by atoms with Gasteiger partial charge < -0.3 is 5.73 Å². The second-order valence-electron chi connectivity index (χ2n) is 5.12. The van der Waals surface area contributed by atoms with Gasteiger partial charge in [-0.2, -0.15) is 9.61 Å². The molecular weight excluding hydrogens is 294 g/mol. The van der Waals surface area contributed by atoms with Gasteiger partial charge in [0.25, 0.3) is 0 Å². The highest BCUT2D eigenvalue weighted by atomic mass is 32.1. The van der Waals surface area contributed by atoms with Crippen molar-refractivity contribution in [1.82, 2.24) is 19.8 Å². The molecule has 0 spiro atoms. The van der Waals surface area contributed by atoms with E-state index in [-0.39, 0.29) is 0 Å². The average Bonchev–Trinajstić information content (AvgIpc) is 3.08. The Bertz CT molecular complexity index is 952. The summed E-state index contributed by atoms with van der Waals surface area (Å²) in [5, 5.41) is 14.0. The van der Waals surface area contributed by atoms with E-state index in [4.69, 9.17) is 5.73 Å². The van der Waals surface area contributed by atoms with E-state index in [0.29, 0.717) is 0 Å². The number of nitrogens with zero attached hydrogens (tertiary/aromatic N) is 4. The minimum Gasteiger partial charge on any atom is -0.399 e. The third kappa shape index (κ3) is 2.14. The van der Waals surface area contributed by atoms with Crippen LogP contribution in [0.5, 0.6) is 0 Å². The summed E-state index contributed by atoms with van der Waals surface area (Å²) in [6.07, 6.45) is 0. The first-order chi connectivity index (χ1) is 10.7. The van der Waals surface area contributed by atoms with Gasteiger partial charge in [0.2, 0.25) is 4.96 Å². The predicted octanol–water partition coefficient (Wildman–Crippen LogP) is 3.41. The molecule has 2 aromatic heterocycles. The Morgan fingerprint density at radius 1 is 1.00 bits per heavy atom. The third-order valence-corrected chi connectivity index (χ3v) is 4.37. The molecule has 108 valence electrons. The van der Waals surface area contributed by atoms with Gasteiger partial charge in [0, 0.05) is 16.8 Å². The van der Waals surface area contributed by atoms with E-state index in [2.05, 4.69) is 34.4 Å². The third-order valence-electron chi connectivity index (χ3n) is 3.42. The number of hydrogen-bond acceptors (Lipinski definition) is 5. The lowest BCUT2D eigenvalue weighted by molar-refractivity contribution is 0.970. The van der Waals surface area contributed by atoms with E-state index < -0.39 is 0 Å². The predicted molar refractivity (Wildman–Crippen MR) is 88.7 cm³/mol. The first-order valence-corrected chi connectivity index (χ1v) is 7.67. The van der Waals surface area contributed by atoms with Crippen LogP contribution in [0.3, 0.4) is 0 Å². The molecule has 0 saturated heterocycles. The van der Waals surface area contributed by atoms with Crippen LogP contribution in [0.1, 0.15) is 5.56 Å². The van der Waals surface area contributed by atoms with Gasteiger partial charge in [-0.25, -0.2) is 0 Å². The normalized spacial score (nSPS) is 11.1. The van der Waals surface area contributed by atoms with Gasteiger partial charge >= 0.3 is 0 Å². The second kappa shape index (κ2) is 4.92. The molecule has 0 aliphatic carbocycles. The Balaban J connectivity index is 1.84. The molecule has 0 unspecified atom stereocenters. The molecule has 6 heteroatoms. The van der Waals surface area contributed by atoms with Gasteiger partial charge in [0.05, 0.1) is 0 Å². The summed E-state index contributed by atoms with van der Waals surface area (Å²) >= 11 is 1.51. The molecule has 0 aliphatic heterocycles. The van der Waals surface area contributed by atoms with Crippen LogP contribution in [0.2, 0.25) is 0 Å². The molecule has 0 saturated carbocycles. The van der Waals surface area contributed by atoms with Crippen molar-refractivity contribution in [2.45, 2.75) is 6.92 Å². The molecule has 22 heavy (non-hydrogen) atoms. The smallest absolute Gasteiger partial charge is 0.235 e. The van der Waals surface area contributed by atoms with E-state index in [9.17, 15) is 0 Å². The van der Waals surface area contributed by atoms with Crippen molar-refractivity contribution in [3.8, 4) is 22.0 Å². The number of fused-ring (bicyclic) bond motifs is 1. The van der Waals surface area contributed by atoms with E-state index in [1.54, 1.807) is 4.52 Å².